The zero-order valence-corrected chi connectivity index (χ0v) is 14.6. The van der Waals surface area contributed by atoms with Gasteiger partial charge in [-0.05, 0) is 36.4 Å². The van der Waals surface area contributed by atoms with Gasteiger partial charge in [0.1, 0.15) is 0 Å². The SMILES string of the molecule is O=C(O)c1cc(C(=O)O)cc(N2C(=O)/C(=C\c3ccccn3)SC2=S)c1. The molecule has 0 aliphatic carbocycles. The molecule has 3 rings (SSSR count). The normalized spacial score (nSPS) is 15.5. The van der Waals surface area contributed by atoms with E-state index in [9.17, 15) is 24.6 Å². The van der Waals surface area contributed by atoms with Crippen LogP contribution in [0, 0.1) is 0 Å². The van der Waals surface area contributed by atoms with Crippen molar-refractivity contribution in [2.45, 2.75) is 0 Å². The fourth-order valence-corrected chi connectivity index (χ4v) is 3.56. The number of thioether (sulfide) groups is 1. The maximum Gasteiger partial charge on any atom is 0.335 e. The first-order valence-corrected chi connectivity index (χ1v) is 8.40. The van der Waals surface area contributed by atoms with Crippen LogP contribution in [0.2, 0.25) is 0 Å². The molecule has 0 bridgehead atoms. The highest BCUT2D eigenvalue weighted by molar-refractivity contribution is 8.27. The van der Waals surface area contributed by atoms with Crippen molar-refractivity contribution in [3.8, 4) is 0 Å². The maximum absolute atomic E-state index is 12.7. The fourth-order valence-electron chi connectivity index (χ4n) is 2.27. The summed E-state index contributed by atoms with van der Waals surface area (Å²) in [5.41, 5.74) is 0.165. The van der Waals surface area contributed by atoms with E-state index >= 15 is 0 Å². The molecule has 1 aliphatic heterocycles. The summed E-state index contributed by atoms with van der Waals surface area (Å²) in [6.07, 6.45) is 3.15. The molecule has 0 radical (unpaired) electrons. The predicted molar refractivity (Wildman–Crippen MR) is 100 cm³/mol. The van der Waals surface area contributed by atoms with Crippen LogP contribution in [0.4, 0.5) is 5.69 Å². The van der Waals surface area contributed by atoms with E-state index in [-0.39, 0.29) is 21.1 Å². The third kappa shape index (κ3) is 3.48. The van der Waals surface area contributed by atoms with Gasteiger partial charge in [-0.1, -0.05) is 30.0 Å². The van der Waals surface area contributed by atoms with Crippen molar-refractivity contribution in [3.05, 3.63) is 64.3 Å². The number of hydrogen-bond acceptors (Lipinski definition) is 6. The van der Waals surface area contributed by atoms with Gasteiger partial charge in [0.15, 0.2) is 4.32 Å². The maximum atomic E-state index is 12.7. The Hall–Kier alpha value is -3.04. The Morgan fingerprint density at radius 1 is 1.12 bits per heavy atom. The molecule has 130 valence electrons. The van der Waals surface area contributed by atoms with Crippen molar-refractivity contribution in [2.24, 2.45) is 0 Å². The van der Waals surface area contributed by atoms with Crippen molar-refractivity contribution in [2.75, 3.05) is 4.90 Å². The highest BCUT2D eigenvalue weighted by atomic mass is 32.2. The number of carbonyl (C=O) groups is 3. The largest absolute Gasteiger partial charge is 0.478 e. The molecule has 1 aliphatic rings. The second-order valence-corrected chi connectivity index (χ2v) is 6.83. The molecule has 0 unspecified atom stereocenters. The van der Waals surface area contributed by atoms with E-state index in [2.05, 4.69) is 4.98 Å². The number of carbonyl (C=O) groups excluding carboxylic acids is 1. The lowest BCUT2D eigenvalue weighted by molar-refractivity contribution is -0.113. The highest BCUT2D eigenvalue weighted by Gasteiger charge is 2.34. The van der Waals surface area contributed by atoms with E-state index in [0.717, 1.165) is 22.7 Å². The van der Waals surface area contributed by atoms with E-state index in [1.165, 1.54) is 12.1 Å². The summed E-state index contributed by atoms with van der Waals surface area (Å²) in [4.78, 5) is 40.8. The predicted octanol–water partition coefficient (Wildman–Crippen LogP) is 2.88. The number of nitrogens with zero attached hydrogens (tertiary/aromatic N) is 2. The van der Waals surface area contributed by atoms with Crippen molar-refractivity contribution in [1.29, 1.82) is 0 Å². The van der Waals surface area contributed by atoms with E-state index in [1.54, 1.807) is 30.5 Å². The molecule has 2 heterocycles. The average Bonchev–Trinajstić information content (AvgIpc) is 2.89. The summed E-state index contributed by atoms with van der Waals surface area (Å²) >= 11 is 6.26. The third-order valence-electron chi connectivity index (χ3n) is 3.43. The van der Waals surface area contributed by atoms with Gasteiger partial charge >= 0.3 is 11.9 Å². The summed E-state index contributed by atoms with van der Waals surface area (Å²) in [6, 6.07) is 8.69. The first kappa shape index (κ1) is 17.8. The molecular formula is C17H10N2O5S2. The molecule has 9 heteroatoms. The average molecular weight is 386 g/mol. The topological polar surface area (TPSA) is 108 Å². The summed E-state index contributed by atoms with van der Waals surface area (Å²) in [5.74, 6) is -3.07. The van der Waals surface area contributed by atoms with Crippen molar-refractivity contribution >= 4 is 57.9 Å². The Morgan fingerprint density at radius 2 is 1.77 bits per heavy atom. The molecule has 0 saturated carbocycles. The second kappa shape index (κ2) is 7.06. The molecule has 1 saturated heterocycles. The number of thiocarbonyl (C=S) groups is 1. The van der Waals surface area contributed by atoms with E-state index < -0.39 is 17.8 Å². The number of rotatable bonds is 4. The number of amides is 1. The van der Waals surface area contributed by atoms with Gasteiger partial charge in [-0.2, -0.15) is 0 Å². The van der Waals surface area contributed by atoms with Crippen molar-refractivity contribution in [3.63, 3.8) is 0 Å². The van der Waals surface area contributed by atoms with Gasteiger partial charge in [0.25, 0.3) is 5.91 Å². The van der Waals surface area contributed by atoms with E-state index in [0.29, 0.717) is 10.6 Å². The van der Waals surface area contributed by atoms with Gasteiger partial charge in [0.05, 0.1) is 27.4 Å². The van der Waals surface area contributed by atoms with Crippen molar-refractivity contribution < 1.29 is 24.6 Å². The lowest BCUT2D eigenvalue weighted by Crippen LogP contribution is -2.28. The van der Waals surface area contributed by atoms with Crippen LogP contribution in [-0.4, -0.2) is 37.4 Å². The smallest absolute Gasteiger partial charge is 0.335 e. The van der Waals surface area contributed by atoms with Crippen molar-refractivity contribution in [1.82, 2.24) is 4.98 Å². The number of carboxylic acid groups (broad SMARTS) is 2. The van der Waals surface area contributed by atoms with Crippen LogP contribution in [-0.2, 0) is 4.79 Å². The van der Waals surface area contributed by atoms with Gasteiger partial charge in [0.2, 0.25) is 0 Å². The molecule has 1 aromatic heterocycles. The zero-order valence-electron chi connectivity index (χ0n) is 12.9. The number of benzene rings is 1. The Bertz CT molecular complexity index is 940. The number of hydrogen-bond donors (Lipinski definition) is 2. The molecule has 1 aromatic carbocycles. The molecule has 0 atom stereocenters. The van der Waals surface area contributed by atoms with Gasteiger partial charge in [0, 0.05) is 6.20 Å². The van der Waals surface area contributed by atoms with E-state index in [4.69, 9.17) is 12.2 Å². The number of pyridine rings is 1. The molecule has 2 N–H and O–H groups in total. The first-order valence-electron chi connectivity index (χ1n) is 7.17. The monoisotopic (exact) mass is 386 g/mol. The van der Waals surface area contributed by atoms with Gasteiger partial charge < -0.3 is 10.2 Å². The third-order valence-corrected chi connectivity index (χ3v) is 4.73. The van der Waals surface area contributed by atoms with Crippen LogP contribution in [0.5, 0.6) is 0 Å². The molecule has 1 amide bonds. The minimum absolute atomic E-state index is 0.0919. The van der Waals surface area contributed by atoms with Crippen LogP contribution in [0.15, 0.2) is 47.5 Å². The zero-order chi connectivity index (χ0) is 18.8. The standard InChI is InChI=1S/C17H10N2O5S2/c20-14-13(8-11-3-1-2-4-18-11)26-17(25)19(14)12-6-9(15(21)22)5-10(7-12)16(23)24/h1-8H,(H,21,22)(H,23,24)/b13-8+. The number of aromatic carboxylic acids is 2. The number of carboxylic acids is 2. The number of aromatic nitrogens is 1. The lowest BCUT2D eigenvalue weighted by atomic mass is 10.1. The Balaban J connectivity index is 2.03. The van der Waals surface area contributed by atoms with Crippen LogP contribution < -0.4 is 4.90 Å². The molecule has 0 spiro atoms. The molecule has 2 aromatic rings. The van der Waals surface area contributed by atoms with Gasteiger partial charge in [-0.15, -0.1) is 0 Å². The van der Waals surface area contributed by atoms with Gasteiger partial charge in [-0.25, -0.2) is 9.59 Å². The Morgan fingerprint density at radius 3 is 2.31 bits per heavy atom. The molecule has 1 fully saturated rings. The summed E-state index contributed by atoms with van der Waals surface area (Å²) in [6.45, 7) is 0. The minimum Gasteiger partial charge on any atom is -0.478 e. The fraction of sp³-hybridized carbons (Fsp3) is 0. The van der Waals surface area contributed by atoms with Gasteiger partial charge in [-0.3, -0.25) is 14.7 Å². The first-order chi connectivity index (χ1) is 12.4. The molecular weight excluding hydrogens is 376 g/mol. The quantitative estimate of drug-likeness (QED) is 0.610. The summed E-state index contributed by atoms with van der Waals surface area (Å²) < 4.78 is 0.177. The second-order valence-electron chi connectivity index (χ2n) is 5.15. The lowest BCUT2D eigenvalue weighted by Gasteiger charge is -2.16. The summed E-state index contributed by atoms with van der Waals surface area (Å²) in [5, 5.41) is 18.4. The molecule has 7 nitrogen and oxygen atoms in total. The Labute approximate surface area is 157 Å². The van der Waals surface area contributed by atoms with E-state index in [1.807, 2.05) is 0 Å². The van der Waals surface area contributed by atoms with Crippen LogP contribution >= 0.6 is 24.0 Å². The van der Waals surface area contributed by atoms with Crippen LogP contribution in [0.1, 0.15) is 26.4 Å². The van der Waals surface area contributed by atoms with Crippen LogP contribution in [0.3, 0.4) is 0 Å². The highest BCUT2D eigenvalue weighted by Crippen LogP contribution is 2.36. The Kier molecular flexibility index (Phi) is 4.83. The number of anilines is 1. The van der Waals surface area contributed by atoms with Crippen LogP contribution in [0.25, 0.3) is 6.08 Å². The minimum atomic E-state index is -1.30. The molecule has 26 heavy (non-hydrogen) atoms. The summed E-state index contributed by atoms with van der Waals surface area (Å²) in [7, 11) is 0.